The smallest absolute Gasteiger partial charge is 0.367 e. The van der Waals surface area contributed by atoms with E-state index in [0.717, 1.165) is 23.5 Å². The van der Waals surface area contributed by atoms with Gasteiger partial charge in [0.2, 0.25) is 0 Å². The first-order chi connectivity index (χ1) is 12.2. The molecule has 0 bridgehead atoms. The quantitative estimate of drug-likeness (QED) is 0.162. The predicted molar refractivity (Wildman–Crippen MR) is 116 cm³/mol. The number of carbonyl (C=O) groups excluding carboxylic acids is 4. The van der Waals surface area contributed by atoms with Crippen LogP contribution in [0.1, 0.15) is 13.8 Å². The van der Waals surface area contributed by atoms with Gasteiger partial charge < -0.3 is 18.9 Å². The van der Waals surface area contributed by atoms with Gasteiger partial charge in [-0.25, -0.2) is 9.59 Å². The van der Waals surface area contributed by atoms with Crippen molar-refractivity contribution in [2.24, 2.45) is 0 Å². The minimum atomic E-state index is -1.13. The summed E-state index contributed by atoms with van der Waals surface area (Å²) >= 11 is 5.64. The highest BCUT2D eigenvalue weighted by atomic mass is 127. The summed E-state index contributed by atoms with van der Waals surface area (Å²) in [6.45, 7) is 2.37. The average molecular weight is 634 g/mol. The summed E-state index contributed by atoms with van der Waals surface area (Å²) in [5.41, 5.74) is 0. The third kappa shape index (κ3) is 9.82. The van der Waals surface area contributed by atoms with Crippen LogP contribution < -0.4 is 0 Å². The third-order valence-electron chi connectivity index (χ3n) is 2.79. The highest BCUT2D eigenvalue weighted by Crippen LogP contribution is 2.23. The Bertz CT molecular complexity index is 461. The first-order valence-corrected chi connectivity index (χ1v) is 12.7. The Morgan fingerprint density at radius 1 is 0.731 bits per heavy atom. The van der Waals surface area contributed by atoms with E-state index in [0.29, 0.717) is 0 Å². The predicted octanol–water partition coefficient (Wildman–Crippen LogP) is 3.46. The second-order valence-electron chi connectivity index (χ2n) is 4.68. The fraction of sp³-hybridized carbons (Fsp3) is 0.714. The SMILES string of the molecule is CSC(=O)O[C@H](CI)[C@@H](OC(C)=O)[C@H](OC(C)=O)[C@@H](CI)OC(=O)SC. The van der Waals surface area contributed by atoms with Gasteiger partial charge in [-0.2, -0.15) is 0 Å². The lowest BCUT2D eigenvalue weighted by Gasteiger charge is -2.34. The molecule has 0 aromatic carbocycles. The molecule has 0 saturated heterocycles. The van der Waals surface area contributed by atoms with Crippen LogP contribution in [0.5, 0.6) is 0 Å². The number of alkyl halides is 2. The van der Waals surface area contributed by atoms with E-state index in [9.17, 15) is 19.2 Å². The van der Waals surface area contributed by atoms with Crippen molar-refractivity contribution in [3.8, 4) is 0 Å². The van der Waals surface area contributed by atoms with Crippen LogP contribution in [0.25, 0.3) is 0 Å². The first-order valence-electron chi connectivity index (χ1n) is 7.15. The number of carbonyl (C=O) groups is 4. The van der Waals surface area contributed by atoms with Gasteiger partial charge in [-0.15, -0.1) is 0 Å². The molecule has 0 saturated carbocycles. The highest BCUT2D eigenvalue weighted by Gasteiger charge is 2.42. The van der Waals surface area contributed by atoms with Gasteiger partial charge in [0.1, 0.15) is 0 Å². The maximum Gasteiger partial charge on any atom is 0.367 e. The van der Waals surface area contributed by atoms with Gasteiger partial charge in [0.05, 0.1) is 0 Å². The molecule has 0 rings (SSSR count). The monoisotopic (exact) mass is 634 g/mol. The molecule has 4 atom stereocenters. The van der Waals surface area contributed by atoms with Crippen LogP contribution in [-0.2, 0) is 28.5 Å². The fourth-order valence-electron chi connectivity index (χ4n) is 1.81. The third-order valence-corrected chi connectivity index (χ3v) is 5.39. The van der Waals surface area contributed by atoms with Crippen LogP contribution >= 0.6 is 68.7 Å². The zero-order valence-electron chi connectivity index (χ0n) is 14.6. The van der Waals surface area contributed by atoms with Crippen molar-refractivity contribution in [1.82, 2.24) is 0 Å². The maximum atomic E-state index is 11.7. The molecule has 0 aromatic heterocycles. The van der Waals surface area contributed by atoms with Crippen molar-refractivity contribution in [1.29, 1.82) is 0 Å². The topological polar surface area (TPSA) is 105 Å². The number of hydrogen-bond acceptors (Lipinski definition) is 10. The molecule has 0 fully saturated rings. The summed E-state index contributed by atoms with van der Waals surface area (Å²) in [5.74, 6) is -1.30. The lowest BCUT2D eigenvalue weighted by molar-refractivity contribution is -0.181. The lowest BCUT2D eigenvalue weighted by atomic mass is 10.0. The van der Waals surface area contributed by atoms with Gasteiger partial charge in [-0.3, -0.25) is 9.59 Å². The summed E-state index contributed by atoms with van der Waals surface area (Å²) in [7, 11) is 0. The number of thioether (sulfide) groups is 2. The van der Waals surface area contributed by atoms with E-state index in [-0.39, 0.29) is 8.86 Å². The van der Waals surface area contributed by atoms with E-state index < -0.39 is 47.0 Å². The molecule has 0 spiro atoms. The molecular formula is C14H20I2O8S2. The Kier molecular flexibility index (Phi) is 14.1. The van der Waals surface area contributed by atoms with Crippen LogP contribution in [0.2, 0.25) is 0 Å². The molecule has 0 unspecified atom stereocenters. The van der Waals surface area contributed by atoms with Crippen molar-refractivity contribution in [3.05, 3.63) is 0 Å². The summed E-state index contributed by atoms with van der Waals surface area (Å²) in [6.07, 6.45) is -0.933. The van der Waals surface area contributed by atoms with Gasteiger partial charge in [0.25, 0.3) is 0 Å². The van der Waals surface area contributed by atoms with Crippen LogP contribution in [0.4, 0.5) is 9.59 Å². The Morgan fingerprint density at radius 2 is 1.04 bits per heavy atom. The van der Waals surface area contributed by atoms with E-state index in [1.807, 2.05) is 45.2 Å². The normalized spacial score (nSPS) is 15.2. The van der Waals surface area contributed by atoms with E-state index in [1.54, 1.807) is 12.5 Å². The molecule has 0 aromatic rings. The van der Waals surface area contributed by atoms with E-state index >= 15 is 0 Å². The summed E-state index contributed by atoms with van der Waals surface area (Å²) < 4.78 is 21.7. The number of hydrogen-bond donors (Lipinski definition) is 0. The zero-order valence-corrected chi connectivity index (χ0v) is 20.5. The standard InChI is InChI=1S/C14H20I2O8S2/c1-7(17)21-11(9(5-15)23-13(19)25-3)12(22-8(2)18)10(6-16)24-14(20)26-4/h9-12H,5-6H2,1-4H3/t9-,10-,11-,12-/m1/s1. The van der Waals surface area contributed by atoms with Crippen LogP contribution in [-0.4, -0.2) is 68.3 Å². The summed E-state index contributed by atoms with van der Waals surface area (Å²) in [6, 6.07) is 0. The number of esters is 2. The minimum absolute atomic E-state index is 0.268. The van der Waals surface area contributed by atoms with E-state index in [1.165, 1.54) is 13.8 Å². The van der Waals surface area contributed by atoms with E-state index in [4.69, 9.17) is 18.9 Å². The molecule has 0 aliphatic carbocycles. The molecule has 0 aliphatic rings. The van der Waals surface area contributed by atoms with Gasteiger partial charge in [0.15, 0.2) is 24.4 Å². The molecule has 8 nitrogen and oxygen atoms in total. The molecule has 0 aliphatic heterocycles. The molecule has 150 valence electrons. The van der Waals surface area contributed by atoms with Crippen LogP contribution in [0.3, 0.4) is 0 Å². The number of ether oxygens (including phenoxy) is 4. The molecule has 12 heteroatoms. The van der Waals surface area contributed by atoms with Gasteiger partial charge in [0, 0.05) is 22.7 Å². The van der Waals surface area contributed by atoms with Crippen molar-refractivity contribution in [2.75, 3.05) is 21.4 Å². The Hall–Kier alpha value is 0.0400. The zero-order chi connectivity index (χ0) is 20.3. The van der Waals surface area contributed by atoms with Crippen molar-refractivity contribution >= 4 is 91.2 Å². The Morgan fingerprint density at radius 3 is 1.23 bits per heavy atom. The highest BCUT2D eigenvalue weighted by molar-refractivity contribution is 14.1. The molecular weight excluding hydrogens is 614 g/mol. The van der Waals surface area contributed by atoms with E-state index in [2.05, 4.69) is 0 Å². The average Bonchev–Trinajstić information content (AvgIpc) is 2.59. The number of halogens is 2. The first kappa shape index (κ1) is 26.0. The largest absolute Gasteiger partial charge is 0.454 e. The molecule has 0 amide bonds. The number of rotatable bonds is 9. The maximum absolute atomic E-state index is 11.7. The second-order valence-corrected chi connectivity index (χ2v) is 7.92. The Labute approximate surface area is 187 Å². The van der Waals surface area contributed by atoms with Crippen molar-refractivity contribution in [3.63, 3.8) is 0 Å². The minimum Gasteiger partial charge on any atom is -0.454 e. The lowest BCUT2D eigenvalue weighted by Crippen LogP contribution is -2.52. The summed E-state index contributed by atoms with van der Waals surface area (Å²) in [5, 5.41) is -1.14. The van der Waals surface area contributed by atoms with Gasteiger partial charge >= 0.3 is 22.5 Å². The molecule has 0 N–H and O–H groups in total. The molecule has 26 heavy (non-hydrogen) atoms. The van der Waals surface area contributed by atoms with Crippen LogP contribution in [0.15, 0.2) is 0 Å². The van der Waals surface area contributed by atoms with Gasteiger partial charge in [-0.1, -0.05) is 45.2 Å². The Balaban J connectivity index is 5.81. The molecule has 0 radical (unpaired) electrons. The van der Waals surface area contributed by atoms with Crippen LogP contribution in [0, 0.1) is 0 Å². The second kappa shape index (κ2) is 14.1. The fourth-order valence-corrected chi connectivity index (χ4v) is 3.61. The molecule has 0 heterocycles. The summed E-state index contributed by atoms with van der Waals surface area (Å²) in [4.78, 5) is 46.5. The van der Waals surface area contributed by atoms with Crippen molar-refractivity contribution < 1.29 is 38.1 Å². The van der Waals surface area contributed by atoms with Gasteiger partial charge in [-0.05, 0) is 36.0 Å². The van der Waals surface area contributed by atoms with Crippen molar-refractivity contribution in [2.45, 2.75) is 38.3 Å².